The van der Waals surface area contributed by atoms with Gasteiger partial charge in [0.05, 0.1) is 0 Å². The Labute approximate surface area is 143 Å². The smallest absolute Gasteiger partial charge is 0.222 e. The Morgan fingerprint density at radius 2 is 1.96 bits per heavy atom. The lowest BCUT2D eigenvalue weighted by atomic mass is 10.1. The molecule has 3 heterocycles. The van der Waals surface area contributed by atoms with Crippen LogP contribution in [0.3, 0.4) is 0 Å². The van der Waals surface area contributed by atoms with E-state index in [0.29, 0.717) is 6.42 Å². The van der Waals surface area contributed by atoms with Gasteiger partial charge in [-0.2, -0.15) is 0 Å². The molecule has 1 saturated heterocycles. The lowest BCUT2D eigenvalue weighted by molar-refractivity contribution is -0.130. The van der Waals surface area contributed by atoms with Crippen molar-refractivity contribution in [2.45, 2.75) is 26.2 Å². The van der Waals surface area contributed by atoms with Gasteiger partial charge in [0.2, 0.25) is 5.91 Å². The first-order valence-corrected chi connectivity index (χ1v) is 8.56. The first-order chi connectivity index (χ1) is 11.7. The predicted molar refractivity (Wildman–Crippen MR) is 94.9 cm³/mol. The van der Waals surface area contributed by atoms with E-state index in [4.69, 9.17) is 0 Å². The number of carbonyl (C=O) groups excluding carboxylic acids is 1. The van der Waals surface area contributed by atoms with Gasteiger partial charge in [-0.05, 0) is 43.0 Å². The van der Waals surface area contributed by atoms with E-state index in [1.165, 1.54) is 11.3 Å². The molecule has 1 amide bonds. The molecule has 2 aromatic rings. The maximum Gasteiger partial charge on any atom is 0.222 e. The molecule has 2 aromatic heterocycles. The molecule has 0 unspecified atom stereocenters. The first-order valence-electron chi connectivity index (χ1n) is 8.56. The number of hydrogen-bond donors (Lipinski definition) is 0. The average Bonchev–Trinajstić information content (AvgIpc) is 2.87. The van der Waals surface area contributed by atoms with E-state index >= 15 is 0 Å². The van der Waals surface area contributed by atoms with Crippen LogP contribution in [0.15, 0.2) is 43.0 Å². The van der Waals surface area contributed by atoms with E-state index in [2.05, 4.69) is 27.9 Å². The van der Waals surface area contributed by atoms with Gasteiger partial charge in [0.1, 0.15) is 0 Å². The summed E-state index contributed by atoms with van der Waals surface area (Å²) in [4.78, 5) is 25.2. The molecule has 5 nitrogen and oxygen atoms in total. The molecule has 0 saturated carbocycles. The highest BCUT2D eigenvalue weighted by Gasteiger charge is 2.19. The van der Waals surface area contributed by atoms with Gasteiger partial charge < -0.3 is 9.80 Å². The molecule has 0 aliphatic carbocycles. The Morgan fingerprint density at radius 3 is 2.75 bits per heavy atom. The van der Waals surface area contributed by atoms with Crippen LogP contribution in [-0.4, -0.2) is 47.0 Å². The van der Waals surface area contributed by atoms with E-state index in [-0.39, 0.29) is 5.91 Å². The molecule has 0 aromatic carbocycles. The zero-order valence-corrected chi connectivity index (χ0v) is 14.2. The van der Waals surface area contributed by atoms with Gasteiger partial charge in [-0.15, -0.1) is 0 Å². The normalized spacial score (nSPS) is 15.2. The van der Waals surface area contributed by atoms with Crippen LogP contribution in [0.4, 0.5) is 5.69 Å². The van der Waals surface area contributed by atoms with Crippen LogP contribution < -0.4 is 4.90 Å². The maximum atomic E-state index is 12.5. The summed E-state index contributed by atoms with van der Waals surface area (Å²) >= 11 is 0. The van der Waals surface area contributed by atoms with Gasteiger partial charge in [-0.3, -0.25) is 14.8 Å². The summed E-state index contributed by atoms with van der Waals surface area (Å²) in [5.74, 6) is 0.243. The van der Waals surface area contributed by atoms with Gasteiger partial charge in [0.15, 0.2) is 0 Å². The standard InChI is InChI=1S/C19H24N4O/c1-16-14-21-9-7-18(16)22-10-3-11-23(13-12-22)19(24)6-5-17-4-2-8-20-15-17/h2,4,7-9,14-15H,3,5-6,10-13H2,1H3. The largest absolute Gasteiger partial charge is 0.369 e. The van der Waals surface area contributed by atoms with Crippen molar-refractivity contribution >= 4 is 11.6 Å². The van der Waals surface area contributed by atoms with Crippen LogP contribution in [0.1, 0.15) is 24.0 Å². The molecule has 3 rings (SSSR count). The molecule has 24 heavy (non-hydrogen) atoms. The van der Waals surface area contributed by atoms with Gasteiger partial charge in [0, 0.05) is 63.1 Å². The van der Waals surface area contributed by atoms with Crippen LogP contribution in [0.25, 0.3) is 0 Å². The molecule has 0 bridgehead atoms. The molecule has 0 N–H and O–H groups in total. The molecule has 1 aliphatic heterocycles. The van der Waals surface area contributed by atoms with Crippen LogP contribution in [-0.2, 0) is 11.2 Å². The topological polar surface area (TPSA) is 49.3 Å². The van der Waals surface area contributed by atoms with Gasteiger partial charge in [-0.25, -0.2) is 0 Å². The number of hydrogen-bond acceptors (Lipinski definition) is 4. The zero-order chi connectivity index (χ0) is 16.8. The molecule has 0 atom stereocenters. The number of carbonyl (C=O) groups is 1. The molecule has 1 fully saturated rings. The highest BCUT2D eigenvalue weighted by atomic mass is 16.2. The van der Waals surface area contributed by atoms with Crippen molar-refractivity contribution in [1.82, 2.24) is 14.9 Å². The molecule has 0 spiro atoms. The molecular weight excluding hydrogens is 300 g/mol. The third-order valence-corrected chi connectivity index (χ3v) is 4.53. The fourth-order valence-electron chi connectivity index (χ4n) is 3.18. The van der Waals surface area contributed by atoms with Crippen molar-refractivity contribution in [3.8, 4) is 0 Å². The fraction of sp³-hybridized carbons (Fsp3) is 0.421. The Kier molecular flexibility index (Phi) is 5.41. The van der Waals surface area contributed by atoms with E-state index < -0.39 is 0 Å². The number of amides is 1. The van der Waals surface area contributed by atoms with Crippen molar-refractivity contribution in [3.63, 3.8) is 0 Å². The minimum atomic E-state index is 0.243. The van der Waals surface area contributed by atoms with Crippen LogP contribution >= 0.6 is 0 Å². The van der Waals surface area contributed by atoms with E-state index in [1.807, 2.05) is 35.6 Å². The minimum absolute atomic E-state index is 0.243. The third kappa shape index (κ3) is 4.10. The number of anilines is 1. The first kappa shape index (κ1) is 16.4. The van der Waals surface area contributed by atoms with Crippen LogP contribution in [0.2, 0.25) is 0 Å². The molecule has 1 aliphatic rings. The summed E-state index contributed by atoms with van der Waals surface area (Å²) < 4.78 is 0. The third-order valence-electron chi connectivity index (χ3n) is 4.53. The maximum absolute atomic E-state index is 12.5. The molecule has 126 valence electrons. The Hall–Kier alpha value is -2.43. The number of aromatic nitrogens is 2. The lowest BCUT2D eigenvalue weighted by Crippen LogP contribution is -2.35. The SMILES string of the molecule is Cc1cnccc1N1CCCN(C(=O)CCc2cccnc2)CC1. The highest BCUT2D eigenvalue weighted by Crippen LogP contribution is 2.20. The fourth-order valence-corrected chi connectivity index (χ4v) is 3.18. The average molecular weight is 324 g/mol. The second-order valence-electron chi connectivity index (χ2n) is 6.24. The second kappa shape index (κ2) is 7.90. The monoisotopic (exact) mass is 324 g/mol. The lowest BCUT2D eigenvalue weighted by Gasteiger charge is -2.25. The van der Waals surface area contributed by atoms with Crippen LogP contribution in [0, 0.1) is 6.92 Å². The van der Waals surface area contributed by atoms with E-state index in [1.54, 1.807) is 6.20 Å². The van der Waals surface area contributed by atoms with Crippen molar-refractivity contribution in [2.24, 2.45) is 0 Å². The van der Waals surface area contributed by atoms with Crippen molar-refractivity contribution in [3.05, 3.63) is 54.1 Å². The Bertz CT molecular complexity index is 674. The van der Waals surface area contributed by atoms with Crippen LogP contribution in [0.5, 0.6) is 0 Å². The second-order valence-corrected chi connectivity index (χ2v) is 6.24. The number of rotatable bonds is 4. The molecule has 5 heteroatoms. The Balaban J connectivity index is 1.55. The molecular formula is C19H24N4O. The van der Waals surface area contributed by atoms with Gasteiger partial charge >= 0.3 is 0 Å². The van der Waals surface area contributed by atoms with Crippen molar-refractivity contribution < 1.29 is 4.79 Å². The quantitative estimate of drug-likeness (QED) is 0.867. The number of pyridine rings is 2. The van der Waals surface area contributed by atoms with Crippen molar-refractivity contribution in [1.29, 1.82) is 0 Å². The summed E-state index contributed by atoms with van der Waals surface area (Å²) in [6, 6.07) is 6.01. The zero-order valence-electron chi connectivity index (χ0n) is 14.2. The summed E-state index contributed by atoms with van der Waals surface area (Å²) in [6.45, 7) is 5.57. The summed E-state index contributed by atoms with van der Waals surface area (Å²) in [7, 11) is 0. The minimum Gasteiger partial charge on any atom is -0.369 e. The Morgan fingerprint density at radius 1 is 1.08 bits per heavy atom. The number of nitrogens with zero attached hydrogens (tertiary/aromatic N) is 4. The van der Waals surface area contributed by atoms with E-state index in [9.17, 15) is 4.79 Å². The summed E-state index contributed by atoms with van der Waals surface area (Å²) in [5.41, 5.74) is 3.54. The van der Waals surface area contributed by atoms with Crippen molar-refractivity contribution in [2.75, 3.05) is 31.1 Å². The van der Waals surface area contributed by atoms with Gasteiger partial charge in [0.25, 0.3) is 0 Å². The number of aryl methyl sites for hydroxylation is 2. The highest BCUT2D eigenvalue weighted by molar-refractivity contribution is 5.76. The van der Waals surface area contributed by atoms with Gasteiger partial charge in [-0.1, -0.05) is 6.07 Å². The predicted octanol–water partition coefficient (Wildman–Crippen LogP) is 2.46. The van der Waals surface area contributed by atoms with E-state index in [0.717, 1.165) is 44.6 Å². The summed E-state index contributed by atoms with van der Waals surface area (Å²) in [6.07, 6.45) is 9.65. The molecule has 0 radical (unpaired) electrons. The summed E-state index contributed by atoms with van der Waals surface area (Å²) in [5, 5.41) is 0.